The minimum atomic E-state index is 1.11. The summed E-state index contributed by atoms with van der Waals surface area (Å²) in [5.74, 6) is 0. The lowest BCUT2D eigenvalue weighted by Crippen LogP contribution is -1.88. The van der Waals surface area contributed by atoms with Crippen LogP contribution < -0.4 is 0 Å². The lowest BCUT2D eigenvalue weighted by molar-refractivity contribution is 1.55. The fraction of sp³-hybridized carbons (Fsp3) is 0. The first-order valence-corrected chi connectivity index (χ1v) is 7.98. The Bertz CT molecular complexity index is 913. The molecule has 24 heavy (non-hydrogen) atoms. The molecule has 0 aromatic heterocycles. The van der Waals surface area contributed by atoms with Crippen molar-refractivity contribution in [3.8, 4) is 22.3 Å². The van der Waals surface area contributed by atoms with Gasteiger partial charge >= 0.3 is 0 Å². The molecule has 3 aromatic carbocycles. The average Bonchev–Trinajstić information content (AvgIpc) is 2.67. The Morgan fingerprint density at radius 2 is 1.25 bits per heavy atom. The third-order valence-corrected chi connectivity index (χ3v) is 4.20. The van der Waals surface area contributed by atoms with Gasteiger partial charge in [0, 0.05) is 0 Å². The van der Waals surface area contributed by atoms with Gasteiger partial charge < -0.3 is 0 Å². The van der Waals surface area contributed by atoms with E-state index in [9.17, 15) is 0 Å². The van der Waals surface area contributed by atoms with E-state index in [0.717, 1.165) is 16.7 Å². The van der Waals surface area contributed by atoms with Crippen LogP contribution in [0.2, 0.25) is 0 Å². The maximum Gasteiger partial charge on any atom is -0.0111 e. The molecule has 0 unspecified atom stereocenters. The van der Waals surface area contributed by atoms with E-state index in [1.807, 2.05) is 24.3 Å². The molecule has 116 valence electrons. The van der Waals surface area contributed by atoms with Gasteiger partial charge in [-0.05, 0) is 51.1 Å². The fourth-order valence-electron chi connectivity index (χ4n) is 2.93. The van der Waals surface area contributed by atoms with Crippen molar-refractivity contribution in [3.63, 3.8) is 0 Å². The molecule has 0 spiro atoms. The Hall–Kier alpha value is -3.12. The Labute approximate surface area is 144 Å². The highest BCUT2D eigenvalue weighted by Crippen LogP contribution is 2.32. The van der Waals surface area contributed by atoms with E-state index in [4.69, 9.17) is 0 Å². The molecule has 0 saturated carbocycles. The summed E-state index contributed by atoms with van der Waals surface area (Å²) in [7, 11) is 0. The monoisotopic (exact) mass is 308 g/mol. The van der Waals surface area contributed by atoms with Gasteiger partial charge in [0.1, 0.15) is 0 Å². The van der Waals surface area contributed by atoms with Gasteiger partial charge in [-0.15, -0.1) is 0 Å². The predicted octanol–water partition coefficient (Wildman–Crippen LogP) is 6.95. The maximum atomic E-state index is 4.00. The van der Waals surface area contributed by atoms with Crippen molar-refractivity contribution in [2.24, 2.45) is 0 Å². The molecule has 0 aliphatic carbocycles. The highest BCUT2D eigenvalue weighted by atomic mass is 14.1. The van der Waals surface area contributed by atoms with Gasteiger partial charge in [-0.1, -0.05) is 92.6 Å². The summed E-state index contributed by atoms with van der Waals surface area (Å²) in [4.78, 5) is 0. The van der Waals surface area contributed by atoms with E-state index in [1.54, 1.807) is 0 Å². The minimum Gasteiger partial charge on any atom is -0.0985 e. The van der Waals surface area contributed by atoms with Crippen molar-refractivity contribution in [2.45, 2.75) is 0 Å². The zero-order chi connectivity index (χ0) is 16.9. The molecule has 3 rings (SSSR count). The molecule has 0 bridgehead atoms. The third-order valence-electron chi connectivity index (χ3n) is 4.20. The second-order valence-electron chi connectivity index (χ2n) is 5.63. The van der Waals surface area contributed by atoms with Crippen LogP contribution in [0, 0.1) is 0 Å². The molecule has 3 aromatic rings. The normalized spacial score (nSPS) is 10.2. The van der Waals surface area contributed by atoms with Crippen LogP contribution in [-0.2, 0) is 0 Å². The van der Waals surface area contributed by atoms with E-state index in [-0.39, 0.29) is 0 Å². The SMILES string of the molecule is C=Cc1cccc(-c2ccc(-c3ccccc3C=C)cc2C=C)c1. The largest absolute Gasteiger partial charge is 0.0985 e. The topological polar surface area (TPSA) is 0 Å². The zero-order valence-corrected chi connectivity index (χ0v) is 13.7. The first-order valence-electron chi connectivity index (χ1n) is 7.98. The van der Waals surface area contributed by atoms with E-state index in [0.29, 0.717) is 0 Å². The molecule has 0 saturated heterocycles. The molecular weight excluding hydrogens is 288 g/mol. The molecule has 0 amide bonds. The second-order valence-corrected chi connectivity index (χ2v) is 5.63. The van der Waals surface area contributed by atoms with Crippen LogP contribution in [-0.4, -0.2) is 0 Å². The quantitative estimate of drug-likeness (QED) is 0.478. The Morgan fingerprint density at radius 3 is 2.00 bits per heavy atom. The first kappa shape index (κ1) is 15.8. The molecule has 0 nitrogen and oxygen atoms in total. The van der Waals surface area contributed by atoms with E-state index < -0.39 is 0 Å². The molecule has 0 aliphatic heterocycles. The summed E-state index contributed by atoms with van der Waals surface area (Å²) in [5.41, 5.74) is 8.07. The van der Waals surface area contributed by atoms with E-state index >= 15 is 0 Å². The third kappa shape index (κ3) is 3.00. The molecule has 0 radical (unpaired) electrons. The van der Waals surface area contributed by atoms with Gasteiger partial charge in [0.25, 0.3) is 0 Å². The van der Waals surface area contributed by atoms with Gasteiger partial charge in [0.2, 0.25) is 0 Å². The van der Waals surface area contributed by atoms with E-state index in [2.05, 4.69) is 80.4 Å². The van der Waals surface area contributed by atoms with Crippen LogP contribution in [0.5, 0.6) is 0 Å². The molecule has 0 N–H and O–H groups in total. The molecule has 0 heterocycles. The summed E-state index contributed by atoms with van der Waals surface area (Å²) in [6.07, 6.45) is 5.67. The van der Waals surface area contributed by atoms with Gasteiger partial charge in [0.15, 0.2) is 0 Å². The van der Waals surface area contributed by atoms with Crippen LogP contribution in [0.3, 0.4) is 0 Å². The van der Waals surface area contributed by atoms with Crippen molar-refractivity contribution >= 4 is 18.2 Å². The van der Waals surface area contributed by atoms with Crippen molar-refractivity contribution in [1.29, 1.82) is 0 Å². The maximum absolute atomic E-state index is 4.00. The Balaban J connectivity index is 2.13. The summed E-state index contributed by atoms with van der Waals surface area (Å²) in [6, 6.07) is 23.2. The number of hydrogen-bond acceptors (Lipinski definition) is 0. The summed E-state index contributed by atoms with van der Waals surface area (Å²) in [5, 5.41) is 0. The van der Waals surface area contributed by atoms with Gasteiger partial charge in [0.05, 0.1) is 0 Å². The van der Waals surface area contributed by atoms with Gasteiger partial charge in [-0.2, -0.15) is 0 Å². The molecule has 0 aliphatic rings. The summed E-state index contributed by atoms with van der Waals surface area (Å²) in [6.45, 7) is 11.8. The number of hydrogen-bond donors (Lipinski definition) is 0. The molecular formula is C24H20. The number of rotatable bonds is 5. The first-order chi connectivity index (χ1) is 11.8. The Kier molecular flexibility index (Phi) is 4.58. The minimum absolute atomic E-state index is 1.11. The summed E-state index contributed by atoms with van der Waals surface area (Å²) < 4.78 is 0. The van der Waals surface area contributed by atoms with Crippen LogP contribution in [0.4, 0.5) is 0 Å². The van der Waals surface area contributed by atoms with Crippen molar-refractivity contribution in [1.82, 2.24) is 0 Å². The Morgan fingerprint density at radius 1 is 0.542 bits per heavy atom. The molecule has 0 fully saturated rings. The average molecular weight is 308 g/mol. The van der Waals surface area contributed by atoms with Crippen LogP contribution >= 0.6 is 0 Å². The zero-order valence-electron chi connectivity index (χ0n) is 13.7. The van der Waals surface area contributed by atoms with Crippen molar-refractivity contribution in [2.75, 3.05) is 0 Å². The van der Waals surface area contributed by atoms with Gasteiger partial charge in [-0.25, -0.2) is 0 Å². The summed E-state index contributed by atoms with van der Waals surface area (Å²) >= 11 is 0. The lowest BCUT2D eigenvalue weighted by Gasteiger charge is -2.12. The van der Waals surface area contributed by atoms with E-state index in [1.165, 1.54) is 22.3 Å². The van der Waals surface area contributed by atoms with Crippen molar-refractivity contribution in [3.05, 3.63) is 103 Å². The van der Waals surface area contributed by atoms with Crippen LogP contribution in [0.1, 0.15) is 16.7 Å². The highest BCUT2D eigenvalue weighted by Gasteiger charge is 2.07. The second kappa shape index (κ2) is 6.97. The standard InChI is InChI=1S/C24H20/c1-4-18-10-9-12-21(16-18)24-15-14-22(17-20(24)6-3)23-13-8-7-11-19(23)5-2/h4-17H,1-3H2. The lowest BCUT2D eigenvalue weighted by atomic mass is 9.92. The van der Waals surface area contributed by atoms with Gasteiger partial charge in [-0.3, -0.25) is 0 Å². The number of benzene rings is 3. The fourth-order valence-corrected chi connectivity index (χ4v) is 2.93. The van der Waals surface area contributed by atoms with Crippen LogP contribution in [0.15, 0.2) is 86.5 Å². The predicted molar refractivity (Wildman–Crippen MR) is 108 cm³/mol. The van der Waals surface area contributed by atoms with Crippen molar-refractivity contribution < 1.29 is 0 Å². The smallest absolute Gasteiger partial charge is 0.0111 e. The molecule has 0 heteroatoms. The highest BCUT2D eigenvalue weighted by molar-refractivity contribution is 5.82. The van der Waals surface area contributed by atoms with Crippen LogP contribution in [0.25, 0.3) is 40.5 Å². The molecule has 0 atom stereocenters.